The first-order valence-corrected chi connectivity index (χ1v) is 24.3. The summed E-state index contributed by atoms with van der Waals surface area (Å²) in [4.78, 5) is 0.232. The quantitative estimate of drug-likeness (QED) is 0.123. The standard InChI is InChI=1S/C34H40O6S7/c1-5-7-9-11-13-23-24(14-12-10-8-6-2)34(30-20-18-28(46(30,37)38)26-16-22-32(42-4)44-26)47(39,40)33(23)29-19-17-27(45(29,35)36)25-15-21-31(41-3)43-25/h15-22H,5-14H2,1-4H3. The van der Waals surface area contributed by atoms with Crippen molar-refractivity contribution in [2.45, 2.75) is 86.5 Å². The summed E-state index contributed by atoms with van der Waals surface area (Å²) in [6, 6.07) is 7.21. The smallest absolute Gasteiger partial charge is 0.209 e. The van der Waals surface area contributed by atoms with Crippen molar-refractivity contribution in [2.75, 3.05) is 12.5 Å². The van der Waals surface area contributed by atoms with Gasteiger partial charge in [0.2, 0.25) is 29.5 Å². The molecule has 0 atom stereocenters. The minimum atomic E-state index is -4.53. The number of sulfone groups is 3. The molecule has 0 bridgehead atoms. The van der Waals surface area contributed by atoms with Gasteiger partial charge >= 0.3 is 0 Å². The van der Waals surface area contributed by atoms with Gasteiger partial charge in [-0.1, -0.05) is 52.4 Å². The van der Waals surface area contributed by atoms with E-state index in [1.54, 1.807) is 12.1 Å². The number of thiophene rings is 2. The highest BCUT2D eigenvalue weighted by molar-refractivity contribution is 8.10. The van der Waals surface area contributed by atoms with Crippen molar-refractivity contribution in [3.8, 4) is 0 Å². The van der Waals surface area contributed by atoms with E-state index in [-0.39, 0.29) is 29.4 Å². The molecule has 2 aromatic heterocycles. The summed E-state index contributed by atoms with van der Waals surface area (Å²) in [5.41, 5.74) is 0.914. The molecule has 0 aliphatic carbocycles. The van der Waals surface area contributed by atoms with Crippen molar-refractivity contribution in [3.05, 3.63) is 89.1 Å². The Bertz CT molecular complexity index is 1920. The van der Waals surface area contributed by atoms with Gasteiger partial charge in [0.15, 0.2) is 0 Å². The molecule has 0 fully saturated rings. The van der Waals surface area contributed by atoms with Gasteiger partial charge in [0.05, 0.1) is 37.8 Å². The van der Waals surface area contributed by atoms with Crippen LogP contribution < -0.4 is 0 Å². The van der Waals surface area contributed by atoms with E-state index in [9.17, 15) is 25.3 Å². The first kappa shape index (κ1) is 36.7. The molecule has 0 amide bonds. The van der Waals surface area contributed by atoms with Crippen molar-refractivity contribution in [1.82, 2.24) is 0 Å². The van der Waals surface area contributed by atoms with Gasteiger partial charge in [-0.05, 0) is 97.9 Å². The van der Waals surface area contributed by atoms with Crippen molar-refractivity contribution in [2.24, 2.45) is 0 Å². The van der Waals surface area contributed by atoms with E-state index in [0.29, 0.717) is 46.6 Å². The molecule has 254 valence electrons. The number of allylic oxidation sites excluding steroid dienone is 6. The fourth-order valence-electron chi connectivity index (χ4n) is 6.10. The highest BCUT2D eigenvalue weighted by Gasteiger charge is 2.49. The second kappa shape index (κ2) is 15.1. The van der Waals surface area contributed by atoms with Gasteiger partial charge < -0.3 is 0 Å². The number of hydrogen-bond donors (Lipinski definition) is 0. The SMILES string of the molecule is CCCCCCC1=C(C2=CC=C(c3ccc(SC)s3)S2(=O)=O)S(=O)(=O)C(C2=CC=C(c3ccc(SC)s3)S2(=O)=O)=C1CCCCCC. The minimum absolute atomic E-state index is 0.0720. The summed E-state index contributed by atoms with van der Waals surface area (Å²) < 4.78 is 88.5. The first-order valence-electron chi connectivity index (χ1n) is 15.8. The van der Waals surface area contributed by atoms with Gasteiger partial charge in [0.1, 0.15) is 0 Å². The molecule has 6 nitrogen and oxygen atoms in total. The number of unbranched alkanes of at least 4 members (excludes halogenated alkanes) is 6. The van der Waals surface area contributed by atoms with Gasteiger partial charge in [-0.2, -0.15) is 0 Å². The molecule has 0 radical (unpaired) electrons. The third kappa shape index (κ3) is 7.05. The van der Waals surface area contributed by atoms with E-state index >= 15 is 0 Å². The van der Waals surface area contributed by atoms with Crippen LogP contribution in [0.5, 0.6) is 0 Å². The average molecular weight is 769 g/mol. The lowest BCUT2D eigenvalue weighted by atomic mass is 9.93. The van der Waals surface area contributed by atoms with E-state index < -0.39 is 29.5 Å². The van der Waals surface area contributed by atoms with Crippen LogP contribution in [0, 0.1) is 0 Å². The highest BCUT2D eigenvalue weighted by Crippen LogP contribution is 2.53. The second-order valence-corrected chi connectivity index (χ2v) is 21.5. The minimum Gasteiger partial charge on any atom is -0.218 e. The van der Waals surface area contributed by atoms with Crippen LogP contribution in [-0.4, -0.2) is 37.8 Å². The molecule has 2 aromatic rings. The van der Waals surface area contributed by atoms with E-state index in [2.05, 4.69) is 13.8 Å². The molecule has 0 aromatic carbocycles. The van der Waals surface area contributed by atoms with Gasteiger partial charge in [-0.15, -0.1) is 46.2 Å². The second-order valence-electron chi connectivity index (χ2n) is 11.5. The predicted octanol–water partition coefficient (Wildman–Crippen LogP) is 10.1. The largest absolute Gasteiger partial charge is 0.218 e. The van der Waals surface area contributed by atoms with Crippen LogP contribution in [0.1, 0.15) is 87.8 Å². The first-order chi connectivity index (χ1) is 22.4. The molecule has 0 saturated carbocycles. The van der Waals surface area contributed by atoms with Gasteiger partial charge in [0.25, 0.3) is 0 Å². The lowest BCUT2D eigenvalue weighted by molar-refractivity contribution is 0.603. The zero-order valence-electron chi connectivity index (χ0n) is 27.0. The third-order valence-corrected chi connectivity index (χ3v) is 19.1. The zero-order chi connectivity index (χ0) is 34.0. The fraction of sp³-hybridized carbons (Fsp3) is 0.412. The summed E-state index contributed by atoms with van der Waals surface area (Å²) in [6.07, 6.45) is 17.3. The third-order valence-electron chi connectivity index (χ3n) is 8.44. The Morgan fingerprint density at radius 2 is 0.894 bits per heavy atom. The Balaban J connectivity index is 1.63. The van der Waals surface area contributed by atoms with Gasteiger partial charge in [0, 0.05) is 9.75 Å². The molecular formula is C34H40O6S7. The van der Waals surface area contributed by atoms with Crippen LogP contribution in [0.15, 0.2) is 87.8 Å². The van der Waals surface area contributed by atoms with Crippen LogP contribution in [0.2, 0.25) is 0 Å². The maximum Gasteiger partial charge on any atom is 0.209 e. The molecule has 0 saturated heterocycles. The Labute approximate surface area is 296 Å². The van der Waals surface area contributed by atoms with Crippen LogP contribution >= 0.6 is 46.2 Å². The topological polar surface area (TPSA) is 102 Å². The molecular weight excluding hydrogens is 729 g/mol. The number of thioether (sulfide) groups is 2. The molecule has 0 unspecified atom stereocenters. The molecule has 0 spiro atoms. The lowest BCUT2D eigenvalue weighted by Gasteiger charge is -2.13. The summed E-state index contributed by atoms with van der Waals surface area (Å²) >= 11 is 5.72. The summed E-state index contributed by atoms with van der Waals surface area (Å²) in [6.45, 7) is 4.19. The normalized spacial score (nSPS) is 19.7. The zero-order valence-corrected chi connectivity index (χ0v) is 32.7. The summed E-state index contributed by atoms with van der Waals surface area (Å²) in [7, 11) is -12.9. The van der Waals surface area contributed by atoms with Gasteiger partial charge in [-0.25, -0.2) is 25.3 Å². The average Bonchev–Trinajstić information content (AvgIpc) is 3.84. The van der Waals surface area contributed by atoms with Crippen molar-refractivity contribution in [1.29, 1.82) is 0 Å². The van der Waals surface area contributed by atoms with E-state index in [4.69, 9.17) is 0 Å². The monoisotopic (exact) mass is 768 g/mol. The Hall–Kier alpha value is -1.61. The summed E-state index contributed by atoms with van der Waals surface area (Å²) in [5, 5.41) is 0. The molecule has 5 heterocycles. The number of rotatable bonds is 16. The van der Waals surface area contributed by atoms with Crippen LogP contribution in [-0.2, 0) is 29.5 Å². The lowest BCUT2D eigenvalue weighted by Crippen LogP contribution is -2.15. The number of hydrogen-bond acceptors (Lipinski definition) is 10. The van der Waals surface area contributed by atoms with Crippen LogP contribution in [0.3, 0.4) is 0 Å². The molecule has 47 heavy (non-hydrogen) atoms. The van der Waals surface area contributed by atoms with E-state index in [1.807, 2.05) is 24.6 Å². The molecule has 3 aliphatic rings. The van der Waals surface area contributed by atoms with E-state index in [0.717, 1.165) is 46.9 Å². The van der Waals surface area contributed by atoms with Crippen molar-refractivity contribution >= 4 is 85.5 Å². The van der Waals surface area contributed by atoms with Crippen molar-refractivity contribution in [3.63, 3.8) is 0 Å². The Morgan fingerprint density at radius 1 is 0.511 bits per heavy atom. The Kier molecular flexibility index (Phi) is 11.8. The maximum absolute atomic E-state index is 14.9. The van der Waals surface area contributed by atoms with Gasteiger partial charge in [-0.3, -0.25) is 0 Å². The van der Waals surface area contributed by atoms with Crippen LogP contribution in [0.25, 0.3) is 9.81 Å². The summed E-state index contributed by atoms with van der Waals surface area (Å²) in [5.74, 6) is 0. The van der Waals surface area contributed by atoms with E-state index in [1.165, 1.54) is 70.5 Å². The molecule has 5 rings (SSSR count). The maximum atomic E-state index is 14.9. The molecule has 3 aliphatic heterocycles. The Morgan fingerprint density at radius 3 is 1.23 bits per heavy atom. The highest BCUT2D eigenvalue weighted by atomic mass is 32.2. The van der Waals surface area contributed by atoms with Crippen LogP contribution in [0.4, 0.5) is 0 Å². The molecule has 0 N–H and O–H groups in total. The predicted molar refractivity (Wildman–Crippen MR) is 203 cm³/mol. The fourth-order valence-corrected chi connectivity index (χ4v) is 16.1. The molecule has 13 heteroatoms. The van der Waals surface area contributed by atoms with Crippen molar-refractivity contribution < 1.29 is 25.3 Å².